The second-order valence-electron chi connectivity index (χ2n) is 1.97. The van der Waals surface area contributed by atoms with Gasteiger partial charge in [-0.1, -0.05) is 18.2 Å². The Labute approximate surface area is 64.5 Å². The molecule has 0 spiro atoms. The molecule has 1 rings (SSSR count). The van der Waals surface area contributed by atoms with Crippen LogP contribution in [0.5, 0.6) is 5.75 Å². The van der Waals surface area contributed by atoms with Gasteiger partial charge in [-0.05, 0) is 12.1 Å². The molecule has 11 heavy (non-hydrogen) atoms. The third-order valence-electron chi connectivity index (χ3n) is 0.998. The van der Waals surface area contributed by atoms with Crippen LogP contribution in [0, 0.1) is 0 Å². The molecule has 0 radical (unpaired) electrons. The summed E-state index contributed by atoms with van der Waals surface area (Å²) in [6.07, 6.45) is 0. The van der Waals surface area contributed by atoms with Crippen LogP contribution in [0.15, 0.2) is 30.3 Å². The lowest BCUT2D eigenvalue weighted by atomic mass is 10.3. The molecule has 0 amide bonds. The summed E-state index contributed by atoms with van der Waals surface area (Å²) in [4.78, 5) is 19.2. The quantitative estimate of drug-likeness (QED) is 0.476. The maximum Gasteiger partial charge on any atom is 0.352 e. The van der Waals surface area contributed by atoms with Gasteiger partial charge in [-0.25, -0.2) is 4.79 Å². The van der Waals surface area contributed by atoms with E-state index in [1.54, 1.807) is 24.3 Å². The monoisotopic (exact) mass is 152 g/mol. The van der Waals surface area contributed by atoms with Crippen molar-refractivity contribution in [1.82, 2.24) is 0 Å². The number of carbonyl (C=O) groups excluding carboxylic acids is 1. The fraction of sp³-hybridized carbons (Fsp3) is 0.125. The van der Waals surface area contributed by atoms with Crippen LogP contribution in [-0.4, -0.2) is 5.97 Å². The van der Waals surface area contributed by atoms with E-state index in [2.05, 4.69) is 9.78 Å². The van der Waals surface area contributed by atoms with Gasteiger partial charge in [-0.2, -0.15) is 0 Å². The van der Waals surface area contributed by atoms with Crippen molar-refractivity contribution in [3.8, 4) is 5.75 Å². The summed E-state index contributed by atoms with van der Waals surface area (Å²) < 4.78 is 0. The zero-order valence-corrected chi connectivity index (χ0v) is 6.11. The fourth-order valence-electron chi connectivity index (χ4n) is 0.583. The smallest absolute Gasteiger partial charge is 0.287 e. The summed E-state index contributed by atoms with van der Waals surface area (Å²) >= 11 is 0. The molecule has 0 aliphatic heterocycles. The Morgan fingerprint density at radius 3 is 2.45 bits per heavy atom. The van der Waals surface area contributed by atoms with Crippen LogP contribution < -0.4 is 4.89 Å². The first-order valence-corrected chi connectivity index (χ1v) is 3.19. The van der Waals surface area contributed by atoms with E-state index in [-0.39, 0.29) is 0 Å². The molecule has 0 saturated heterocycles. The van der Waals surface area contributed by atoms with Gasteiger partial charge in [0, 0.05) is 6.92 Å². The Bertz CT molecular complexity index is 230. The molecule has 3 nitrogen and oxygen atoms in total. The van der Waals surface area contributed by atoms with Crippen molar-refractivity contribution < 1.29 is 14.6 Å². The Kier molecular flexibility index (Phi) is 2.49. The molecule has 1 aromatic carbocycles. The van der Waals surface area contributed by atoms with Crippen LogP contribution >= 0.6 is 0 Å². The second-order valence-corrected chi connectivity index (χ2v) is 1.97. The van der Waals surface area contributed by atoms with Crippen molar-refractivity contribution in [1.29, 1.82) is 0 Å². The molecule has 0 aromatic heterocycles. The van der Waals surface area contributed by atoms with Crippen LogP contribution in [-0.2, 0) is 9.68 Å². The molecule has 0 saturated carbocycles. The largest absolute Gasteiger partial charge is 0.352 e. The molecular formula is C8H8O3. The van der Waals surface area contributed by atoms with Gasteiger partial charge in [-0.15, -0.1) is 0 Å². The zero-order valence-electron chi connectivity index (χ0n) is 6.11. The third kappa shape index (κ3) is 2.71. The molecule has 0 N–H and O–H groups in total. The number of hydrogen-bond acceptors (Lipinski definition) is 3. The average molecular weight is 152 g/mol. The first-order chi connectivity index (χ1) is 5.29. The molecule has 0 unspecified atom stereocenters. The Morgan fingerprint density at radius 1 is 1.27 bits per heavy atom. The summed E-state index contributed by atoms with van der Waals surface area (Å²) in [5.74, 6) is 0.0524. The molecule has 0 aliphatic carbocycles. The van der Waals surface area contributed by atoms with Gasteiger partial charge >= 0.3 is 5.97 Å². The van der Waals surface area contributed by atoms with Gasteiger partial charge in [0.25, 0.3) is 0 Å². The maximum absolute atomic E-state index is 10.3. The maximum atomic E-state index is 10.3. The first-order valence-electron chi connectivity index (χ1n) is 3.19. The number of carbonyl (C=O) groups is 1. The highest BCUT2D eigenvalue weighted by molar-refractivity contribution is 5.65. The van der Waals surface area contributed by atoms with Gasteiger partial charge < -0.3 is 0 Å². The molecule has 0 heterocycles. The number of rotatable bonds is 2. The van der Waals surface area contributed by atoms with E-state index >= 15 is 0 Å². The van der Waals surface area contributed by atoms with E-state index in [1.807, 2.05) is 6.07 Å². The Balaban J connectivity index is 2.45. The van der Waals surface area contributed by atoms with E-state index in [0.717, 1.165) is 0 Å². The van der Waals surface area contributed by atoms with Crippen molar-refractivity contribution in [3.63, 3.8) is 0 Å². The summed E-state index contributed by atoms with van der Waals surface area (Å²) in [6.45, 7) is 1.28. The SMILES string of the molecule is CC(=O)OOc1ccccc1. The molecule has 0 bridgehead atoms. The summed E-state index contributed by atoms with van der Waals surface area (Å²) in [5.41, 5.74) is 0. The van der Waals surface area contributed by atoms with Gasteiger partial charge in [0.2, 0.25) is 0 Å². The predicted molar refractivity (Wildman–Crippen MR) is 38.8 cm³/mol. The normalized spacial score (nSPS) is 8.82. The van der Waals surface area contributed by atoms with Crippen LogP contribution in [0.1, 0.15) is 6.92 Å². The van der Waals surface area contributed by atoms with E-state index < -0.39 is 5.97 Å². The van der Waals surface area contributed by atoms with Crippen LogP contribution in [0.25, 0.3) is 0 Å². The minimum atomic E-state index is -0.464. The van der Waals surface area contributed by atoms with Gasteiger partial charge in [0.1, 0.15) is 0 Å². The molecule has 58 valence electrons. The molecule has 0 atom stereocenters. The third-order valence-corrected chi connectivity index (χ3v) is 0.998. The molecule has 1 aromatic rings. The minimum absolute atomic E-state index is 0.464. The standard InChI is InChI=1S/C8H8O3/c1-7(9)10-11-8-5-3-2-4-6-8/h2-6H,1H3. The highest BCUT2D eigenvalue weighted by atomic mass is 17.2. The van der Waals surface area contributed by atoms with Crippen molar-refractivity contribution in [2.45, 2.75) is 6.92 Å². The molecule has 0 fully saturated rings. The number of hydrogen-bond donors (Lipinski definition) is 0. The van der Waals surface area contributed by atoms with E-state index in [4.69, 9.17) is 0 Å². The highest BCUT2D eigenvalue weighted by Crippen LogP contribution is 2.07. The van der Waals surface area contributed by atoms with E-state index in [9.17, 15) is 4.79 Å². The second kappa shape index (κ2) is 3.61. The molecule has 0 aliphatic rings. The summed E-state index contributed by atoms with van der Waals surface area (Å²) in [5, 5.41) is 0. The van der Waals surface area contributed by atoms with Crippen molar-refractivity contribution >= 4 is 5.97 Å². The number of para-hydroxylation sites is 1. The lowest BCUT2D eigenvalue weighted by Crippen LogP contribution is -2.02. The van der Waals surface area contributed by atoms with Gasteiger partial charge in [-0.3, -0.25) is 9.78 Å². The van der Waals surface area contributed by atoms with Gasteiger partial charge in [0.05, 0.1) is 0 Å². The zero-order chi connectivity index (χ0) is 8.10. The van der Waals surface area contributed by atoms with Gasteiger partial charge in [0.15, 0.2) is 5.75 Å². The van der Waals surface area contributed by atoms with E-state index in [0.29, 0.717) is 5.75 Å². The average Bonchev–Trinajstić information content (AvgIpc) is 2.03. The van der Waals surface area contributed by atoms with Crippen LogP contribution in [0.3, 0.4) is 0 Å². The van der Waals surface area contributed by atoms with Crippen LogP contribution in [0.4, 0.5) is 0 Å². The molecule has 3 heteroatoms. The summed E-state index contributed by atoms with van der Waals surface area (Å²) in [7, 11) is 0. The van der Waals surface area contributed by atoms with Crippen molar-refractivity contribution in [2.24, 2.45) is 0 Å². The topological polar surface area (TPSA) is 35.5 Å². The van der Waals surface area contributed by atoms with E-state index in [1.165, 1.54) is 6.92 Å². The minimum Gasteiger partial charge on any atom is -0.287 e. The Morgan fingerprint density at radius 2 is 1.91 bits per heavy atom. The van der Waals surface area contributed by atoms with Crippen molar-refractivity contribution in [2.75, 3.05) is 0 Å². The predicted octanol–water partition coefficient (Wildman–Crippen LogP) is 1.54. The highest BCUT2D eigenvalue weighted by Gasteiger charge is 1.94. The van der Waals surface area contributed by atoms with Crippen LogP contribution in [0.2, 0.25) is 0 Å². The number of benzene rings is 1. The van der Waals surface area contributed by atoms with Crippen molar-refractivity contribution in [3.05, 3.63) is 30.3 Å². The molecular weight excluding hydrogens is 144 g/mol. The summed E-state index contributed by atoms with van der Waals surface area (Å²) in [6, 6.07) is 8.82. The Hall–Kier alpha value is -1.51. The lowest BCUT2D eigenvalue weighted by molar-refractivity contribution is -0.210. The fourth-order valence-corrected chi connectivity index (χ4v) is 0.583. The lowest BCUT2D eigenvalue weighted by Gasteiger charge is -1.99. The first kappa shape index (κ1) is 7.60.